The van der Waals surface area contributed by atoms with Gasteiger partial charge in [-0.2, -0.15) is 0 Å². The number of aromatic nitrogens is 3. The lowest BCUT2D eigenvalue weighted by molar-refractivity contribution is 0.669. The molecule has 0 spiro atoms. The molecular weight excluding hydrogens is 751 g/mol. The summed E-state index contributed by atoms with van der Waals surface area (Å²) in [6.07, 6.45) is 0. The highest BCUT2D eigenvalue weighted by Gasteiger charge is 2.26. The van der Waals surface area contributed by atoms with E-state index in [9.17, 15) is 5.48 Å². The standard InChI is InChI=1S/C55H37N3OS/c1-3-34-25-28-45-47-32-41(27-30-50(47)60-52(45)43(34)4-2)54-56-53(40-18-11-17-39(31-40)37-23-21-36(22-24-37)35-13-7-5-8-14-35)57-55(58-54)42-26-29-46-49(33-42)59-48-20-12-19-44(51(46)48)38-15-9-6-10-16-38/h3-34,43H,1-2H2/i1D,2D,3D,4D,25D,27D,28D,30D,32D. The quantitative estimate of drug-likeness (QED) is 0.144. The lowest BCUT2D eigenvalue weighted by Crippen LogP contribution is -2.08. The molecule has 0 fully saturated rings. The molecular formula is C55H37N3OS. The molecule has 60 heavy (non-hydrogen) atoms. The number of benzene rings is 7. The maximum Gasteiger partial charge on any atom is 0.164 e. The first-order chi connectivity index (χ1) is 33.5. The summed E-state index contributed by atoms with van der Waals surface area (Å²) < 4.78 is 86.5. The van der Waals surface area contributed by atoms with Crippen molar-refractivity contribution in [2.24, 2.45) is 5.92 Å². The van der Waals surface area contributed by atoms with Crippen molar-refractivity contribution in [2.45, 2.75) is 5.92 Å². The first-order valence-corrected chi connectivity index (χ1v) is 20.2. The van der Waals surface area contributed by atoms with Gasteiger partial charge in [-0.1, -0.05) is 146 Å². The van der Waals surface area contributed by atoms with Gasteiger partial charge in [0, 0.05) is 54.3 Å². The first kappa shape index (κ1) is 27.3. The molecule has 284 valence electrons. The Morgan fingerprint density at radius 2 is 1.22 bits per heavy atom. The number of hydrogen-bond acceptors (Lipinski definition) is 5. The van der Waals surface area contributed by atoms with Crippen LogP contribution in [0.3, 0.4) is 0 Å². The average Bonchev–Trinajstić information content (AvgIpc) is 3.99. The Balaban J connectivity index is 1.12. The van der Waals surface area contributed by atoms with Crippen molar-refractivity contribution in [2.75, 3.05) is 0 Å². The van der Waals surface area contributed by atoms with Crippen molar-refractivity contribution < 1.29 is 16.8 Å². The van der Waals surface area contributed by atoms with Gasteiger partial charge in [-0.3, -0.25) is 0 Å². The monoisotopic (exact) mass is 796 g/mol. The van der Waals surface area contributed by atoms with Crippen LogP contribution in [0.1, 0.15) is 28.7 Å². The van der Waals surface area contributed by atoms with Crippen LogP contribution in [0.4, 0.5) is 0 Å². The SMILES string of the molecule is [2H]C=C([2H])C1C([2H])=C([2H])c2c(sc3c([2H])c([2H])c(-c4nc(-c5cccc(-c6ccc(-c7ccccc7)cc6)c5)nc(-c5ccc6c(c5)oc5cccc(-c7ccccc7)c56)n4)c([2H])c23)C1C([2H])=C[2H]. The summed E-state index contributed by atoms with van der Waals surface area (Å²) >= 11 is 1.00. The number of rotatable bonds is 8. The zero-order valence-electron chi connectivity index (χ0n) is 40.8. The molecule has 0 amide bonds. The van der Waals surface area contributed by atoms with Crippen LogP contribution < -0.4 is 0 Å². The smallest absolute Gasteiger partial charge is 0.164 e. The second kappa shape index (κ2) is 14.7. The van der Waals surface area contributed by atoms with E-state index in [-0.39, 0.29) is 81.0 Å². The number of nitrogens with zero attached hydrogens (tertiary/aromatic N) is 3. The third-order valence-corrected chi connectivity index (χ3v) is 12.1. The number of allylic oxidation sites excluding steroid dienone is 3. The molecule has 0 bridgehead atoms. The zero-order chi connectivity index (χ0) is 47.7. The van der Waals surface area contributed by atoms with Crippen LogP contribution in [-0.4, -0.2) is 15.0 Å². The Morgan fingerprint density at radius 1 is 0.583 bits per heavy atom. The molecule has 0 saturated carbocycles. The van der Waals surface area contributed by atoms with Gasteiger partial charge in [0.1, 0.15) is 11.2 Å². The van der Waals surface area contributed by atoms with E-state index in [4.69, 9.17) is 26.2 Å². The maximum absolute atomic E-state index is 9.80. The van der Waals surface area contributed by atoms with Crippen LogP contribution in [0.15, 0.2) is 199 Å². The Kier molecular flexibility index (Phi) is 6.69. The molecule has 0 aliphatic heterocycles. The van der Waals surface area contributed by atoms with Crippen LogP contribution in [0, 0.1) is 5.92 Å². The molecule has 10 aromatic rings. The van der Waals surface area contributed by atoms with E-state index in [0.29, 0.717) is 27.2 Å². The van der Waals surface area contributed by atoms with Gasteiger partial charge in [0.15, 0.2) is 17.5 Å². The molecule has 7 aromatic carbocycles. The number of hydrogen-bond donors (Lipinski definition) is 0. The second-order valence-electron chi connectivity index (χ2n) is 14.5. The van der Waals surface area contributed by atoms with E-state index in [2.05, 4.69) is 54.6 Å². The fourth-order valence-electron chi connectivity index (χ4n) is 7.97. The van der Waals surface area contributed by atoms with Gasteiger partial charge in [-0.25, -0.2) is 15.0 Å². The fraction of sp³-hybridized carbons (Fsp3) is 0.0364. The van der Waals surface area contributed by atoms with E-state index < -0.39 is 11.8 Å². The molecule has 0 N–H and O–H groups in total. The molecule has 1 aliphatic carbocycles. The number of thiophene rings is 1. The van der Waals surface area contributed by atoms with E-state index in [0.717, 1.165) is 68.6 Å². The summed E-state index contributed by atoms with van der Waals surface area (Å²) in [6.45, 7) is 1.57. The molecule has 11 rings (SSSR count). The minimum absolute atomic E-state index is 0.0568. The van der Waals surface area contributed by atoms with Crippen molar-refractivity contribution in [3.8, 4) is 67.5 Å². The highest BCUT2D eigenvalue weighted by molar-refractivity contribution is 7.19. The summed E-state index contributed by atoms with van der Waals surface area (Å²) in [5.41, 5.74) is 8.65. The van der Waals surface area contributed by atoms with Gasteiger partial charge in [0.05, 0.1) is 12.3 Å². The van der Waals surface area contributed by atoms with Gasteiger partial charge in [0.25, 0.3) is 0 Å². The van der Waals surface area contributed by atoms with Gasteiger partial charge in [0.2, 0.25) is 0 Å². The largest absolute Gasteiger partial charge is 0.456 e. The van der Waals surface area contributed by atoms with Crippen LogP contribution >= 0.6 is 11.3 Å². The molecule has 0 radical (unpaired) electrons. The van der Waals surface area contributed by atoms with E-state index in [1.807, 2.05) is 91.0 Å². The maximum atomic E-state index is 9.80. The zero-order valence-corrected chi connectivity index (χ0v) is 32.6. The topological polar surface area (TPSA) is 51.8 Å². The molecule has 2 atom stereocenters. The summed E-state index contributed by atoms with van der Waals surface area (Å²) in [4.78, 5) is 15.3. The molecule has 1 aliphatic rings. The lowest BCUT2D eigenvalue weighted by Gasteiger charge is -2.22. The third-order valence-electron chi connectivity index (χ3n) is 11.0. The van der Waals surface area contributed by atoms with Crippen molar-refractivity contribution in [3.63, 3.8) is 0 Å². The summed E-state index contributed by atoms with van der Waals surface area (Å²) in [7, 11) is 0. The molecule has 2 unspecified atom stereocenters. The van der Waals surface area contributed by atoms with Gasteiger partial charge >= 0.3 is 0 Å². The summed E-state index contributed by atoms with van der Waals surface area (Å²) in [6, 6.07) is 45.9. The Bertz CT molecular complexity index is 3790. The van der Waals surface area contributed by atoms with Crippen LogP contribution in [-0.2, 0) is 0 Å². The van der Waals surface area contributed by atoms with Crippen molar-refractivity contribution in [3.05, 3.63) is 205 Å². The van der Waals surface area contributed by atoms with Crippen molar-refractivity contribution in [1.82, 2.24) is 15.0 Å². The van der Waals surface area contributed by atoms with Gasteiger partial charge in [-0.05, 0) is 81.3 Å². The van der Waals surface area contributed by atoms with Crippen molar-refractivity contribution >= 4 is 49.4 Å². The molecule has 3 heterocycles. The molecule has 0 saturated heterocycles. The minimum Gasteiger partial charge on any atom is -0.456 e. The highest BCUT2D eigenvalue weighted by Crippen LogP contribution is 2.45. The second-order valence-corrected chi connectivity index (χ2v) is 15.6. The van der Waals surface area contributed by atoms with E-state index >= 15 is 0 Å². The van der Waals surface area contributed by atoms with Gasteiger partial charge in [-0.15, -0.1) is 24.4 Å². The Morgan fingerprint density at radius 3 is 1.98 bits per heavy atom. The highest BCUT2D eigenvalue weighted by atomic mass is 32.1. The predicted molar refractivity (Wildman–Crippen MR) is 251 cm³/mol. The minimum atomic E-state index is -1.19. The van der Waals surface area contributed by atoms with Crippen molar-refractivity contribution in [1.29, 1.82) is 0 Å². The van der Waals surface area contributed by atoms with Crippen LogP contribution in [0.25, 0.3) is 106 Å². The van der Waals surface area contributed by atoms with Crippen LogP contribution in [0.2, 0.25) is 0 Å². The van der Waals surface area contributed by atoms with Crippen LogP contribution in [0.5, 0.6) is 0 Å². The first-order valence-electron chi connectivity index (χ1n) is 24.1. The van der Waals surface area contributed by atoms with E-state index in [1.165, 1.54) is 0 Å². The molecule has 4 nitrogen and oxygen atoms in total. The summed E-state index contributed by atoms with van der Waals surface area (Å²) in [5, 5.41) is 1.97. The Labute approximate surface area is 364 Å². The van der Waals surface area contributed by atoms with E-state index in [1.54, 1.807) is 0 Å². The van der Waals surface area contributed by atoms with Gasteiger partial charge < -0.3 is 4.42 Å². The summed E-state index contributed by atoms with van der Waals surface area (Å²) in [5.74, 6) is -1.87. The third kappa shape index (κ3) is 6.19. The lowest BCUT2D eigenvalue weighted by atomic mass is 9.84. The molecule has 5 heteroatoms. The normalized spacial score (nSPS) is 17.9. The molecule has 3 aromatic heterocycles. The number of furan rings is 1. The number of fused-ring (bicyclic) bond motifs is 6. The average molecular weight is 797 g/mol. The fourth-order valence-corrected chi connectivity index (χ4v) is 9.14. The predicted octanol–water partition coefficient (Wildman–Crippen LogP) is 15.1. The Hall–Kier alpha value is -7.47.